The molecule has 0 spiro atoms. The molecule has 0 aliphatic carbocycles. The molecule has 1 aliphatic rings. The van der Waals surface area contributed by atoms with E-state index in [2.05, 4.69) is 85.9 Å². The van der Waals surface area contributed by atoms with Crippen LogP contribution in [0.25, 0.3) is 10.9 Å². The minimum atomic E-state index is 0.495. The van der Waals surface area contributed by atoms with Crippen LogP contribution in [0.15, 0.2) is 60.8 Å². The number of hydrogen-bond acceptors (Lipinski definition) is 3. The predicted molar refractivity (Wildman–Crippen MR) is 116 cm³/mol. The van der Waals surface area contributed by atoms with Crippen molar-refractivity contribution >= 4 is 10.9 Å². The Labute approximate surface area is 171 Å². The zero-order valence-corrected chi connectivity index (χ0v) is 16.6. The summed E-state index contributed by atoms with van der Waals surface area (Å²) in [4.78, 5) is 3.39. The third-order valence-electron chi connectivity index (χ3n) is 6.04. The molecule has 2 aromatic carbocycles. The molecule has 1 aliphatic heterocycles. The highest BCUT2D eigenvalue weighted by Crippen LogP contribution is 2.26. The topological polar surface area (TPSA) is 58.5 Å². The van der Waals surface area contributed by atoms with Gasteiger partial charge in [-0.05, 0) is 49.5 Å². The molecule has 0 amide bonds. The lowest BCUT2D eigenvalue weighted by atomic mass is 9.97. The van der Waals surface area contributed by atoms with E-state index in [4.69, 9.17) is 0 Å². The maximum atomic E-state index is 4.68. The second-order valence-corrected chi connectivity index (χ2v) is 7.93. The Morgan fingerprint density at radius 2 is 1.69 bits per heavy atom. The summed E-state index contributed by atoms with van der Waals surface area (Å²) < 4.78 is 2.38. The van der Waals surface area contributed by atoms with Gasteiger partial charge in [-0.25, -0.2) is 0 Å². The minimum absolute atomic E-state index is 0.495. The first-order chi connectivity index (χ1) is 14.4. The lowest BCUT2D eigenvalue weighted by Crippen LogP contribution is -2.28. The molecule has 2 aromatic heterocycles. The van der Waals surface area contributed by atoms with Crippen molar-refractivity contribution in [1.29, 1.82) is 0 Å². The number of hydrogen-bond donors (Lipinski definition) is 2. The molecule has 2 N–H and O–H groups in total. The molecular formula is C24H27N5. The smallest absolute Gasteiger partial charge is 0.136 e. The van der Waals surface area contributed by atoms with Crippen molar-refractivity contribution in [3.05, 3.63) is 83.6 Å². The number of H-pyrrole nitrogens is 1. The van der Waals surface area contributed by atoms with Gasteiger partial charge in [-0.15, -0.1) is 10.2 Å². The average Bonchev–Trinajstić information content (AvgIpc) is 3.38. The van der Waals surface area contributed by atoms with E-state index >= 15 is 0 Å². The minimum Gasteiger partial charge on any atom is -0.361 e. The summed E-state index contributed by atoms with van der Waals surface area (Å²) in [7, 11) is 0. The summed E-state index contributed by atoms with van der Waals surface area (Å²) in [6.07, 6.45) is 6.26. The molecule has 0 radical (unpaired) electrons. The molecule has 0 unspecified atom stereocenters. The quantitative estimate of drug-likeness (QED) is 0.526. The highest BCUT2D eigenvalue weighted by Gasteiger charge is 2.23. The Morgan fingerprint density at radius 3 is 2.55 bits per heavy atom. The second-order valence-electron chi connectivity index (χ2n) is 7.93. The molecule has 29 heavy (non-hydrogen) atoms. The molecule has 5 nitrogen and oxygen atoms in total. The van der Waals surface area contributed by atoms with Gasteiger partial charge < -0.3 is 14.9 Å². The summed E-state index contributed by atoms with van der Waals surface area (Å²) in [6, 6.07) is 19.2. The molecule has 0 saturated carbocycles. The van der Waals surface area contributed by atoms with Gasteiger partial charge >= 0.3 is 0 Å². The van der Waals surface area contributed by atoms with Crippen LogP contribution < -0.4 is 5.32 Å². The molecule has 3 heterocycles. The zero-order chi connectivity index (χ0) is 19.5. The van der Waals surface area contributed by atoms with Gasteiger partial charge in [0.1, 0.15) is 11.6 Å². The van der Waals surface area contributed by atoms with Crippen LogP contribution in [0.3, 0.4) is 0 Å². The van der Waals surface area contributed by atoms with Gasteiger partial charge in [0, 0.05) is 29.4 Å². The number of fused-ring (bicyclic) bond motifs is 1. The number of rotatable bonds is 6. The van der Waals surface area contributed by atoms with Crippen molar-refractivity contribution in [3.63, 3.8) is 0 Å². The fraction of sp³-hybridized carbons (Fsp3) is 0.333. The third-order valence-corrected chi connectivity index (χ3v) is 6.04. The van der Waals surface area contributed by atoms with E-state index in [-0.39, 0.29) is 0 Å². The fourth-order valence-electron chi connectivity index (χ4n) is 4.44. The van der Waals surface area contributed by atoms with Crippen LogP contribution in [0, 0.1) is 0 Å². The van der Waals surface area contributed by atoms with Gasteiger partial charge in [-0.1, -0.05) is 48.5 Å². The average molecular weight is 386 g/mol. The van der Waals surface area contributed by atoms with E-state index in [1.165, 1.54) is 22.0 Å². The van der Waals surface area contributed by atoms with Gasteiger partial charge in [-0.3, -0.25) is 0 Å². The van der Waals surface area contributed by atoms with E-state index in [1.807, 2.05) is 0 Å². The number of piperidine rings is 1. The predicted octanol–water partition coefficient (Wildman–Crippen LogP) is 4.06. The molecule has 5 heteroatoms. The number of aromatic nitrogens is 4. The second kappa shape index (κ2) is 8.21. The lowest BCUT2D eigenvalue weighted by molar-refractivity contribution is 0.431. The van der Waals surface area contributed by atoms with Gasteiger partial charge in [0.15, 0.2) is 0 Å². The van der Waals surface area contributed by atoms with Crippen LogP contribution in [-0.4, -0.2) is 32.8 Å². The normalized spacial score (nSPS) is 15.2. The zero-order valence-electron chi connectivity index (χ0n) is 16.6. The third kappa shape index (κ3) is 3.83. The maximum absolute atomic E-state index is 4.68. The molecule has 148 valence electrons. The monoisotopic (exact) mass is 385 g/mol. The Hall–Kier alpha value is -2.92. The summed E-state index contributed by atoms with van der Waals surface area (Å²) >= 11 is 0. The Bertz CT molecular complexity index is 1070. The van der Waals surface area contributed by atoms with E-state index in [0.29, 0.717) is 5.92 Å². The number of nitrogens with zero attached hydrogens (tertiary/aromatic N) is 3. The van der Waals surface area contributed by atoms with Crippen LogP contribution in [0.1, 0.15) is 41.5 Å². The van der Waals surface area contributed by atoms with Crippen molar-refractivity contribution in [2.75, 3.05) is 13.1 Å². The van der Waals surface area contributed by atoms with Crippen LogP contribution >= 0.6 is 0 Å². The van der Waals surface area contributed by atoms with Gasteiger partial charge in [0.2, 0.25) is 0 Å². The van der Waals surface area contributed by atoms with E-state index in [0.717, 1.165) is 57.0 Å². The van der Waals surface area contributed by atoms with E-state index in [1.54, 1.807) is 0 Å². The maximum Gasteiger partial charge on any atom is 0.136 e. The molecule has 0 bridgehead atoms. The van der Waals surface area contributed by atoms with E-state index < -0.39 is 0 Å². The van der Waals surface area contributed by atoms with Crippen LogP contribution in [-0.2, 0) is 19.4 Å². The standard InChI is InChI=1S/C24H27N5/c1-2-6-18(7-3-1)17-29-23(27-28-24(29)19-12-14-25-15-13-19)11-10-20-16-26-22-9-5-4-8-21(20)22/h1-9,16,19,25-26H,10-15,17H2. The molecule has 5 rings (SSSR count). The molecule has 1 saturated heterocycles. The number of nitrogens with one attached hydrogen (secondary N) is 2. The fourth-order valence-corrected chi connectivity index (χ4v) is 4.44. The van der Waals surface area contributed by atoms with Gasteiger partial charge in [0.05, 0.1) is 6.54 Å². The van der Waals surface area contributed by atoms with Crippen LogP contribution in [0.5, 0.6) is 0 Å². The van der Waals surface area contributed by atoms with Crippen molar-refractivity contribution < 1.29 is 0 Å². The van der Waals surface area contributed by atoms with E-state index in [9.17, 15) is 0 Å². The van der Waals surface area contributed by atoms with Crippen molar-refractivity contribution in [2.45, 2.75) is 38.1 Å². The number of benzene rings is 2. The van der Waals surface area contributed by atoms with Crippen molar-refractivity contribution in [1.82, 2.24) is 25.1 Å². The largest absolute Gasteiger partial charge is 0.361 e. The summed E-state index contributed by atoms with van der Waals surface area (Å²) in [5, 5.41) is 14.1. The lowest BCUT2D eigenvalue weighted by Gasteiger charge is -2.23. The first-order valence-electron chi connectivity index (χ1n) is 10.6. The number of aromatic amines is 1. The molecule has 0 atom stereocenters. The first-order valence-corrected chi connectivity index (χ1v) is 10.6. The number of aryl methyl sites for hydroxylation is 2. The molecular weight excluding hydrogens is 358 g/mol. The summed E-state index contributed by atoms with van der Waals surface area (Å²) in [6.45, 7) is 2.97. The summed E-state index contributed by atoms with van der Waals surface area (Å²) in [5.41, 5.74) is 3.85. The first kappa shape index (κ1) is 18.1. The Kier molecular flexibility index (Phi) is 5.13. The van der Waals surface area contributed by atoms with Gasteiger partial charge in [0.25, 0.3) is 0 Å². The Morgan fingerprint density at radius 1 is 0.897 bits per heavy atom. The highest BCUT2D eigenvalue weighted by molar-refractivity contribution is 5.83. The molecule has 1 fully saturated rings. The van der Waals surface area contributed by atoms with Crippen molar-refractivity contribution in [3.8, 4) is 0 Å². The van der Waals surface area contributed by atoms with Crippen LogP contribution in [0.4, 0.5) is 0 Å². The SMILES string of the molecule is c1ccc(Cn2c(CCc3c[nH]c4ccccc34)nnc2C2CCNCC2)cc1. The number of para-hydroxylation sites is 1. The molecule has 4 aromatic rings. The van der Waals surface area contributed by atoms with Gasteiger partial charge in [-0.2, -0.15) is 0 Å². The Balaban J connectivity index is 1.42. The summed E-state index contributed by atoms with van der Waals surface area (Å²) in [5.74, 6) is 2.74. The van der Waals surface area contributed by atoms with Crippen LogP contribution in [0.2, 0.25) is 0 Å². The van der Waals surface area contributed by atoms with Crippen molar-refractivity contribution in [2.24, 2.45) is 0 Å². The highest BCUT2D eigenvalue weighted by atomic mass is 15.3.